The van der Waals surface area contributed by atoms with Crippen LogP contribution in [-0.2, 0) is 5.88 Å². The van der Waals surface area contributed by atoms with Crippen LogP contribution in [0.3, 0.4) is 0 Å². The van der Waals surface area contributed by atoms with Gasteiger partial charge in [0.2, 0.25) is 5.95 Å². The molecule has 0 aliphatic rings. The molecule has 0 amide bonds. The summed E-state index contributed by atoms with van der Waals surface area (Å²) in [7, 11) is 0. The molecule has 9 heavy (non-hydrogen) atoms. The van der Waals surface area contributed by atoms with E-state index in [1.807, 2.05) is 0 Å². The summed E-state index contributed by atoms with van der Waals surface area (Å²) >= 11 is 5.46. The molecule has 0 bridgehead atoms. The molecule has 4 heteroatoms. The van der Waals surface area contributed by atoms with Crippen LogP contribution in [0.25, 0.3) is 0 Å². The molecule has 0 radical (unpaired) electrons. The van der Waals surface area contributed by atoms with E-state index in [1.54, 1.807) is 12.4 Å². The minimum Gasteiger partial charge on any atom is -0.368 e. The number of halogens is 1. The molecule has 3 nitrogen and oxygen atoms in total. The SMILES string of the molecule is Nc1ncc(CCl)cn1. The number of nitrogens with zero attached hydrogens (tertiary/aromatic N) is 2. The van der Waals surface area contributed by atoms with Crippen molar-refractivity contribution in [1.29, 1.82) is 0 Å². The Balaban J connectivity index is 2.88. The van der Waals surface area contributed by atoms with Crippen molar-refractivity contribution < 1.29 is 0 Å². The van der Waals surface area contributed by atoms with E-state index < -0.39 is 0 Å². The number of alkyl halides is 1. The van der Waals surface area contributed by atoms with Gasteiger partial charge in [-0.1, -0.05) is 0 Å². The lowest BCUT2D eigenvalue weighted by atomic mass is 10.4. The molecule has 1 rings (SSSR count). The fourth-order valence-corrected chi connectivity index (χ4v) is 0.572. The third kappa shape index (κ3) is 1.54. The van der Waals surface area contributed by atoms with Crippen LogP contribution in [0, 0.1) is 0 Å². The predicted molar refractivity (Wildman–Crippen MR) is 36.0 cm³/mol. The second-order valence-electron chi connectivity index (χ2n) is 1.58. The molecule has 1 aromatic rings. The van der Waals surface area contributed by atoms with Crippen LogP contribution >= 0.6 is 11.6 Å². The summed E-state index contributed by atoms with van der Waals surface area (Å²) in [6.07, 6.45) is 3.21. The fraction of sp³-hybridized carbons (Fsp3) is 0.200. The van der Waals surface area contributed by atoms with Gasteiger partial charge in [0, 0.05) is 18.0 Å². The summed E-state index contributed by atoms with van der Waals surface area (Å²) in [6, 6.07) is 0. The molecule has 0 atom stereocenters. The Hall–Kier alpha value is -0.830. The van der Waals surface area contributed by atoms with Gasteiger partial charge in [0.05, 0.1) is 5.88 Å². The topological polar surface area (TPSA) is 51.8 Å². The number of aromatic nitrogens is 2. The molecule has 0 aliphatic heterocycles. The standard InChI is InChI=1S/C5H6ClN3/c6-1-4-2-8-5(7)9-3-4/h2-3H,1H2,(H2,7,8,9). The van der Waals surface area contributed by atoms with Crippen LogP contribution in [0.1, 0.15) is 5.56 Å². The smallest absolute Gasteiger partial charge is 0.219 e. The minimum absolute atomic E-state index is 0.281. The first-order valence-corrected chi connectivity index (χ1v) is 2.98. The third-order valence-corrected chi connectivity index (χ3v) is 1.19. The summed E-state index contributed by atoms with van der Waals surface area (Å²) in [5.41, 5.74) is 6.10. The van der Waals surface area contributed by atoms with E-state index in [0.717, 1.165) is 5.56 Å². The van der Waals surface area contributed by atoms with Crippen molar-refractivity contribution >= 4 is 17.5 Å². The van der Waals surface area contributed by atoms with Gasteiger partial charge in [0.15, 0.2) is 0 Å². The van der Waals surface area contributed by atoms with Crippen LogP contribution in [0.5, 0.6) is 0 Å². The van der Waals surface area contributed by atoms with Gasteiger partial charge >= 0.3 is 0 Å². The van der Waals surface area contributed by atoms with Crippen molar-refractivity contribution in [3.8, 4) is 0 Å². The first-order valence-electron chi connectivity index (χ1n) is 2.45. The molecular formula is C5H6ClN3. The third-order valence-electron chi connectivity index (χ3n) is 0.880. The highest BCUT2D eigenvalue weighted by Gasteiger charge is 1.89. The highest BCUT2D eigenvalue weighted by Crippen LogP contribution is 1.99. The van der Waals surface area contributed by atoms with Crippen molar-refractivity contribution in [3.63, 3.8) is 0 Å². The number of nitrogen functional groups attached to an aromatic ring is 1. The molecule has 0 spiro atoms. The van der Waals surface area contributed by atoms with E-state index in [2.05, 4.69) is 9.97 Å². The first kappa shape index (κ1) is 6.29. The summed E-state index contributed by atoms with van der Waals surface area (Å²) in [5, 5.41) is 0. The summed E-state index contributed by atoms with van der Waals surface area (Å²) < 4.78 is 0. The van der Waals surface area contributed by atoms with Gasteiger partial charge in [-0.05, 0) is 0 Å². The molecule has 0 aromatic carbocycles. The predicted octanol–water partition coefficient (Wildman–Crippen LogP) is 0.798. The lowest BCUT2D eigenvalue weighted by molar-refractivity contribution is 1.13. The van der Waals surface area contributed by atoms with Crippen molar-refractivity contribution in [3.05, 3.63) is 18.0 Å². The van der Waals surface area contributed by atoms with Gasteiger partial charge in [-0.15, -0.1) is 11.6 Å². The van der Waals surface area contributed by atoms with Gasteiger partial charge in [-0.25, -0.2) is 9.97 Å². The van der Waals surface area contributed by atoms with E-state index in [1.165, 1.54) is 0 Å². The lowest BCUT2D eigenvalue weighted by Crippen LogP contribution is -1.93. The van der Waals surface area contributed by atoms with Crippen molar-refractivity contribution in [2.24, 2.45) is 0 Å². The molecule has 0 unspecified atom stereocenters. The second kappa shape index (κ2) is 2.64. The Bertz CT molecular complexity index is 184. The summed E-state index contributed by atoms with van der Waals surface area (Å²) in [5.74, 6) is 0.712. The zero-order chi connectivity index (χ0) is 6.69. The molecule has 2 N–H and O–H groups in total. The van der Waals surface area contributed by atoms with E-state index in [0.29, 0.717) is 5.88 Å². The van der Waals surface area contributed by atoms with Gasteiger partial charge in [0.25, 0.3) is 0 Å². The van der Waals surface area contributed by atoms with Gasteiger partial charge in [-0.2, -0.15) is 0 Å². The Morgan fingerprint density at radius 3 is 2.44 bits per heavy atom. The highest BCUT2D eigenvalue weighted by molar-refractivity contribution is 6.17. The Morgan fingerprint density at radius 1 is 1.44 bits per heavy atom. The number of rotatable bonds is 1. The second-order valence-corrected chi connectivity index (χ2v) is 1.85. The zero-order valence-corrected chi connectivity index (χ0v) is 5.47. The first-order chi connectivity index (χ1) is 4.33. The van der Waals surface area contributed by atoms with Crippen LogP contribution in [-0.4, -0.2) is 9.97 Å². The maximum Gasteiger partial charge on any atom is 0.219 e. The largest absolute Gasteiger partial charge is 0.368 e. The fourth-order valence-electron chi connectivity index (χ4n) is 0.434. The van der Waals surface area contributed by atoms with E-state index in [4.69, 9.17) is 17.3 Å². The number of hydrogen-bond acceptors (Lipinski definition) is 3. The minimum atomic E-state index is 0.281. The number of hydrogen-bond donors (Lipinski definition) is 1. The highest BCUT2D eigenvalue weighted by atomic mass is 35.5. The lowest BCUT2D eigenvalue weighted by Gasteiger charge is -1.91. The molecule has 1 heterocycles. The molecule has 0 saturated heterocycles. The molecule has 0 fully saturated rings. The monoisotopic (exact) mass is 143 g/mol. The Morgan fingerprint density at radius 2 is 2.00 bits per heavy atom. The van der Waals surface area contributed by atoms with Crippen molar-refractivity contribution in [2.75, 3.05) is 5.73 Å². The molecule has 48 valence electrons. The van der Waals surface area contributed by atoms with Crippen molar-refractivity contribution in [1.82, 2.24) is 9.97 Å². The zero-order valence-electron chi connectivity index (χ0n) is 4.71. The van der Waals surface area contributed by atoms with E-state index >= 15 is 0 Å². The average molecular weight is 144 g/mol. The molecule has 1 aromatic heterocycles. The maximum atomic E-state index is 5.46. The molecule has 0 aliphatic carbocycles. The normalized spacial score (nSPS) is 9.44. The quantitative estimate of drug-likeness (QED) is 0.592. The number of nitrogens with two attached hydrogens (primary N) is 1. The van der Waals surface area contributed by atoms with Crippen LogP contribution in [0.2, 0.25) is 0 Å². The Labute approximate surface area is 57.9 Å². The van der Waals surface area contributed by atoms with Gasteiger partial charge in [0.1, 0.15) is 0 Å². The van der Waals surface area contributed by atoms with Gasteiger partial charge < -0.3 is 5.73 Å². The summed E-state index contributed by atoms with van der Waals surface area (Å²) in [4.78, 5) is 7.46. The maximum absolute atomic E-state index is 5.46. The van der Waals surface area contributed by atoms with Crippen LogP contribution in [0.4, 0.5) is 5.95 Å². The van der Waals surface area contributed by atoms with Gasteiger partial charge in [-0.3, -0.25) is 0 Å². The van der Waals surface area contributed by atoms with E-state index in [9.17, 15) is 0 Å². The van der Waals surface area contributed by atoms with Crippen LogP contribution < -0.4 is 5.73 Å². The Kier molecular flexibility index (Phi) is 1.85. The van der Waals surface area contributed by atoms with Crippen molar-refractivity contribution in [2.45, 2.75) is 5.88 Å². The summed E-state index contributed by atoms with van der Waals surface area (Å²) in [6.45, 7) is 0. The number of anilines is 1. The molecule has 0 saturated carbocycles. The average Bonchev–Trinajstić information content (AvgIpc) is 1.90. The van der Waals surface area contributed by atoms with E-state index in [-0.39, 0.29) is 5.95 Å². The van der Waals surface area contributed by atoms with Crippen LogP contribution in [0.15, 0.2) is 12.4 Å². The molecular weight excluding hydrogens is 138 g/mol.